The molecule has 1 aliphatic rings. The second-order valence-corrected chi connectivity index (χ2v) is 8.05. The Balaban J connectivity index is 1.45. The number of carbonyl (C=O) groups excluding carboxylic acids is 1. The van der Waals surface area contributed by atoms with Crippen LogP contribution in [0.15, 0.2) is 65.6 Å². The summed E-state index contributed by atoms with van der Waals surface area (Å²) in [5.74, 6) is -0.0825. The summed E-state index contributed by atoms with van der Waals surface area (Å²) in [6.07, 6.45) is 1.67. The molecule has 2 aromatic heterocycles. The van der Waals surface area contributed by atoms with Crippen molar-refractivity contribution in [2.75, 3.05) is 31.1 Å². The molecule has 31 heavy (non-hydrogen) atoms. The molecule has 6 heteroatoms. The molecular weight excluding hydrogens is 388 g/mol. The van der Waals surface area contributed by atoms with Gasteiger partial charge >= 0.3 is 0 Å². The van der Waals surface area contributed by atoms with Crippen molar-refractivity contribution in [2.45, 2.75) is 13.8 Å². The Morgan fingerprint density at radius 3 is 2.48 bits per heavy atom. The average Bonchev–Trinajstić information content (AvgIpc) is 2.80. The number of para-hydroxylation sites is 1. The van der Waals surface area contributed by atoms with E-state index < -0.39 is 0 Å². The van der Waals surface area contributed by atoms with E-state index in [-0.39, 0.29) is 11.5 Å². The lowest BCUT2D eigenvalue weighted by molar-refractivity contribution is 0.0748. The minimum Gasteiger partial charge on any atom is -0.368 e. The fourth-order valence-electron chi connectivity index (χ4n) is 4.34. The van der Waals surface area contributed by atoms with Crippen molar-refractivity contribution >= 4 is 28.1 Å². The number of hydrogen-bond acceptors (Lipinski definition) is 4. The van der Waals surface area contributed by atoms with E-state index in [2.05, 4.69) is 41.9 Å². The number of carbonyl (C=O) groups is 1. The van der Waals surface area contributed by atoms with Crippen molar-refractivity contribution in [3.8, 4) is 0 Å². The third-order valence-electron chi connectivity index (χ3n) is 6.26. The van der Waals surface area contributed by atoms with Crippen molar-refractivity contribution in [3.05, 3.63) is 87.8 Å². The van der Waals surface area contributed by atoms with E-state index in [1.165, 1.54) is 21.2 Å². The smallest absolute Gasteiger partial charge is 0.265 e. The summed E-state index contributed by atoms with van der Waals surface area (Å²) in [5.41, 5.74) is 5.11. The summed E-state index contributed by atoms with van der Waals surface area (Å²) in [6.45, 7) is 7.08. The standard InChI is InChI=1S/C25H24N4O2/c1-17-7-5-11-22(18(17)2)27-13-15-28(16-14-27)24(30)20-9-6-12-29-23(20)26-21-10-4-3-8-19(21)25(29)31/h3-12H,13-16H2,1-2H3. The van der Waals surface area contributed by atoms with Crippen LogP contribution >= 0.6 is 0 Å². The first-order valence-corrected chi connectivity index (χ1v) is 10.5. The van der Waals surface area contributed by atoms with Crippen LogP contribution in [0.3, 0.4) is 0 Å². The van der Waals surface area contributed by atoms with Crippen molar-refractivity contribution in [3.63, 3.8) is 0 Å². The normalized spacial score (nSPS) is 14.4. The zero-order chi connectivity index (χ0) is 21.5. The lowest BCUT2D eigenvalue weighted by Crippen LogP contribution is -2.49. The minimum atomic E-state index is -0.157. The zero-order valence-corrected chi connectivity index (χ0v) is 17.7. The van der Waals surface area contributed by atoms with Gasteiger partial charge in [-0.25, -0.2) is 4.98 Å². The van der Waals surface area contributed by atoms with Crippen LogP contribution in [0.4, 0.5) is 5.69 Å². The number of hydrogen-bond donors (Lipinski definition) is 0. The van der Waals surface area contributed by atoms with Gasteiger partial charge in [0.25, 0.3) is 11.5 Å². The van der Waals surface area contributed by atoms with Crippen LogP contribution < -0.4 is 10.5 Å². The number of anilines is 1. The molecule has 0 unspecified atom stereocenters. The van der Waals surface area contributed by atoms with Gasteiger partial charge in [0.05, 0.1) is 16.5 Å². The largest absolute Gasteiger partial charge is 0.368 e. The minimum absolute atomic E-state index is 0.0825. The molecule has 0 radical (unpaired) electrons. The summed E-state index contributed by atoms with van der Waals surface area (Å²) in [4.78, 5) is 35.1. The SMILES string of the molecule is Cc1cccc(N2CCN(C(=O)c3cccn4c(=O)c5ccccc5nc34)CC2)c1C. The molecule has 156 valence electrons. The van der Waals surface area contributed by atoms with Crippen LogP contribution in [-0.4, -0.2) is 46.4 Å². The number of benzene rings is 2. The number of aryl methyl sites for hydroxylation is 1. The first-order chi connectivity index (χ1) is 15.0. The van der Waals surface area contributed by atoms with Crippen molar-refractivity contribution in [2.24, 2.45) is 0 Å². The molecule has 3 heterocycles. The Kier molecular flexibility index (Phi) is 4.70. The fourth-order valence-corrected chi connectivity index (χ4v) is 4.34. The van der Waals surface area contributed by atoms with Gasteiger partial charge < -0.3 is 9.80 Å². The van der Waals surface area contributed by atoms with Gasteiger partial charge in [0, 0.05) is 38.1 Å². The summed E-state index contributed by atoms with van der Waals surface area (Å²) in [6, 6.07) is 17.1. The van der Waals surface area contributed by atoms with Crippen molar-refractivity contribution in [1.82, 2.24) is 14.3 Å². The maximum Gasteiger partial charge on any atom is 0.265 e. The lowest BCUT2D eigenvalue weighted by atomic mass is 10.1. The van der Waals surface area contributed by atoms with Gasteiger partial charge in [0.15, 0.2) is 5.65 Å². The van der Waals surface area contributed by atoms with Crippen LogP contribution in [-0.2, 0) is 0 Å². The molecular formula is C25H24N4O2. The molecule has 1 fully saturated rings. The molecule has 1 amide bonds. The van der Waals surface area contributed by atoms with Gasteiger partial charge in [-0.1, -0.05) is 24.3 Å². The van der Waals surface area contributed by atoms with Gasteiger partial charge in [-0.2, -0.15) is 0 Å². The first-order valence-electron chi connectivity index (χ1n) is 10.5. The highest BCUT2D eigenvalue weighted by atomic mass is 16.2. The van der Waals surface area contributed by atoms with Gasteiger partial charge in [-0.05, 0) is 55.3 Å². The molecule has 6 nitrogen and oxygen atoms in total. The quantitative estimate of drug-likeness (QED) is 0.474. The zero-order valence-electron chi connectivity index (χ0n) is 17.7. The van der Waals surface area contributed by atoms with E-state index in [1.807, 2.05) is 17.0 Å². The van der Waals surface area contributed by atoms with E-state index in [0.29, 0.717) is 35.2 Å². The van der Waals surface area contributed by atoms with E-state index in [4.69, 9.17) is 0 Å². The Labute approximate surface area is 180 Å². The van der Waals surface area contributed by atoms with Crippen LogP contribution in [0, 0.1) is 13.8 Å². The number of fused-ring (bicyclic) bond motifs is 2. The summed E-state index contributed by atoms with van der Waals surface area (Å²) in [7, 11) is 0. The molecule has 5 rings (SSSR count). The van der Waals surface area contributed by atoms with Gasteiger partial charge in [0.2, 0.25) is 0 Å². The molecule has 1 aliphatic heterocycles. The lowest BCUT2D eigenvalue weighted by Gasteiger charge is -2.37. The molecule has 0 saturated carbocycles. The van der Waals surface area contributed by atoms with Crippen LogP contribution in [0.25, 0.3) is 16.6 Å². The molecule has 1 saturated heterocycles. The molecule has 4 aromatic rings. The van der Waals surface area contributed by atoms with Gasteiger partial charge in [-0.15, -0.1) is 0 Å². The monoisotopic (exact) mass is 412 g/mol. The number of rotatable bonds is 2. The van der Waals surface area contributed by atoms with Crippen LogP contribution in [0.5, 0.6) is 0 Å². The molecule has 0 atom stereocenters. The molecule has 0 bridgehead atoms. The summed E-state index contributed by atoms with van der Waals surface area (Å²) in [5, 5.41) is 0.548. The highest BCUT2D eigenvalue weighted by molar-refractivity contribution is 6.00. The van der Waals surface area contributed by atoms with E-state index in [9.17, 15) is 9.59 Å². The van der Waals surface area contributed by atoms with Gasteiger partial charge in [0.1, 0.15) is 0 Å². The van der Waals surface area contributed by atoms with Crippen molar-refractivity contribution < 1.29 is 4.79 Å². The average molecular weight is 412 g/mol. The van der Waals surface area contributed by atoms with Gasteiger partial charge in [-0.3, -0.25) is 14.0 Å². The van der Waals surface area contributed by atoms with Crippen LogP contribution in [0.2, 0.25) is 0 Å². The highest BCUT2D eigenvalue weighted by Crippen LogP contribution is 2.24. The second-order valence-electron chi connectivity index (χ2n) is 8.05. The molecule has 0 N–H and O–H groups in total. The predicted molar refractivity (Wildman–Crippen MR) is 123 cm³/mol. The van der Waals surface area contributed by atoms with Crippen molar-refractivity contribution in [1.29, 1.82) is 0 Å². The Morgan fingerprint density at radius 1 is 0.903 bits per heavy atom. The maximum atomic E-state index is 13.4. The number of aromatic nitrogens is 2. The third kappa shape index (κ3) is 3.24. The van der Waals surface area contributed by atoms with E-state index in [0.717, 1.165) is 13.1 Å². The maximum absolute atomic E-state index is 13.4. The Morgan fingerprint density at radius 2 is 1.68 bits per heavy atom. The van der Waals surface area contributed by atoms with E-state index in [1.54, 1.807) is 30.5 Å². The topological polar surface area (TPSA) is 57.9 Å². The van der Waals surface area contributed by atoms with E-state index >= 15 is 0 Å². The first kappa shape index (κ1) is 19.3. The summed E-state index contributed by atoms with van der Waals surface area (Å²) < 4.78 is 1.47. The number of pyridine rings is 1. The molecule has 0 spiro atoms. The number of piperazine rings is 1. The Bertz CT molecular complexity index is 1370. The number of nitrogens with zero attached hydrogens (tertiary/aromatic N) is 4. The Hall–Kier alpha value is -3.67. The highest BCUT2D eigenvalue weighted by Gasteiger charge is 2.25. The molecule has 0 aliphatic carbocycles. The second kappa shape index (κ2) is 7.54. The predicted octanol–water partition coefficient (Wildman–Crippen LogP) is 3.43. The van der Waals surface area contributed by atoms with Crippen LogP contribution in [0.1, 0.15) is 21.5 Å². The fraction of sp³-hybridized carbons (Fsp3) is 0.240. The third-order valence-corrected chi connectivity index (χ3v) is 6.26. The summed E-state index contributed by atoms with van der Waals surface area (Å²) >= 11 is 0. The molecule has 2 aromatic carbocycles. The number of amides is 1.